The molecule has 0 heterocycles. The molecule has 0 saturated heterocycles. The van der Waals surface area contributed by atoms with Gasteiger partial charge in [0.25, 0.3) is 0 Å². The molecule has 0 atom stereocenters. The first kappa shape index (κ1) is 14.5. The van der Waals surface area contributed by atoms with Gasteiger partial charge in [0, 0.05) is 12.8 Å². The van der Waals surface area contributed by atoms with E-state index in [9.17, 15) is 4.79 Å². The molecule has 0 aromatic heterocycles. The predicted octanol–water partition coefficient (Wildman–Crippen LogP) is 5.13. The number of benzene rings is 2. The molecule has 1 aliphatic rings. The number of hydrogen-bond acceptors (Lipinski definition) is 1. The number of ketones is 1. The van der Waals surface area contributed by atoms with E-state index in [0.717, 1.165) is 29.5 Å². The number of allylic oxidation sites excluding steroid dienone is 4. The maximum absolute atomic E-state index is 12.4. The van der Waals surface area contributed by atoms with Crippen molar-refractivity contribution in [1.29, 1.82) is 0 Å². The second kappa shape index (κ2) is 7.04. The maximum Gasteiger partial charge on any atom is 0.141 e. The van der Waals surface area contributed by atoms with Gasteiger partial charge in [-0.2, -0.15) is 0 Å². The molecular weight excluding hydrogens is 268 g/mol. The normalized spacial score (nSPS) is 13.7. The third kappa shape index (κ3) is 3.62. The summed E-state index contributed by atoms with van der Waals surface area (Å²) in [5.74, 6) is 0.279. The zero-order valence-corrected chi connectivity index (χ0v) is 12.7. The van der Waals surface area contributed by atoms with Gasteiger partial charge >= 0.3 is 0 Å². The lowest BCUT2D eigenvalue weighted by Gasteiger charge is -2.10. The van der Waals surface area contributed by atoms with Crippen LogP contribution in [0.2, 0.25) is 0 Å². The molecule has 0 bridgehead atoms. The van der Waals surface area contributed by atoms with E-state index in [2.05, 4.69) is 42.5 Å². The molecule has 2 aromatic carbocycles. The molecule has 2 aromatic rings. The Bertz CT molecular complexity index is 708. The number of rotatable bonds is 5. The van der Waals surface area contributed by atoms with Crippen LogP contribution in [0.4, 0.5) is 0 Å². The van der Waals surface area contributed by atoms with Crippen molar-refractivity contribution >= 4 is 5.78 Å². The molecule has 0 unspecified atom stereocenters. The summed E-state index contributed by atoms with van der Waals surface area (Å²) < 4.78 is 0. The van der Waals surface area contributed by atoms with Crippen molar-refractivity contribution in [2.24, 2.45) is 0 Å². The topological polar surface area (TPSA) is 17.1 Å². The second-order valence-corrected chi connectivity index (χ2v) is 5.67. The smallest absolute Gasteiger partial charge is 0.141 e. The first-order valence-corrected chi connectivity index (χ1v) is 7.83. The standard InChI is InChI=1S/C21H20O/c22-20(15-17-9-3-1-4-10-17)16-19-13-7-8-14-21(19)18-11-5-2-6-12-18/h2-3,5-14H,1,4,15-16H2. The monoisotopic (exact) mass is 288 g/mol. The Hall–Kier alpha value is -2.41. The molecule has 0 fully saturated rings. The van der Waals surface area contributed by atoms with E-state index in [0.29, 0.717) is 12.8 Å². The fourth-order valence-corrected chi connectivity index (χ4v) is 2.88. The lowest BCUT2D eigenvalue weighted by atomic mass is 9.94. The van der Waals surface area contributed by atoms with Crippen LogP contribution in [0.3, 0.4) is 0 Å². The van der Waals surface area contributed by atoms with Crippen molar-refractivity contribution in [2.45, 2.75) is 25.7 Å². The van der Waals surface area contributed by atoms with Crippen LogP contribution in [0.5, 0.6) is 0 Å². The van der Waals surface area contributed by atoms with E-state index in [1.165, 1.54) is 5.56 Å². The van der Waals surface area contributed by atoms with Gasteiger partial charge in [-0.1, -0.05) is 72.8 Å². The van der Waals surface area contributed by atoms with Crippen molar-refractivity contribution in [2.75, 3.05) is 0 Å². The average molecular weight is 288 g/mol. The lowest BCUT2D eigenvalue weighted by molar-refractivity contribution is -0.117. The Morgan fingerprint density at radius 3 is 2.41 bits per heavy atom. The van der Waals surface area contributed by atoms with E-state index < -0.39 is 0 Å². The van der Waals surface area contributed by atoms with Gasteiger partial charge in [0.2, 0.25) is 0 Å². The summed E-state index contributed by atoms with van der Waals surface area (Å²) in [7, 11) is 0. The van der Waals surface area contributed by atoms with Crippen LogP contribution in [-0.4, -0.2) is 5.78 Å². The quantitative estimate of drug-likeness (QED) is 0.745. The minimum Gasteiger partial charge on any atom is -0.299 e. The van der Waals surface area contributed by atoms with Gasteiger partial charge in [0.1, 0.15) is 5.78 Å². The SMILES string of the molecule is O=C(CC1=CCCC=C1)Cc1ccccc1-c1ccccc1. The molecule has 0 radical (unpaired) electrons. The van der Waals surface area contributed by atoms with E-state index in [1.54, 1.807) is 0 Å². The van der Waals surface area contributed by atoms with E-state index in [4.69, 9.17) is 0 Å². The Morgan fingerprint density at radius 1 is 0.864 bits per heavy atom. The predicted molar refractivity (Wildman–Crippen MR) is 91.7 cm³/mol. The Balaban J connectivity index is 1.77. The number of carbonyl (C=O) groups is 1. The molecule has 0 spiro atoms. The summed E-state index contributed by atoms with van der Waals surface area (Å²) in [6, 6.07) is 18.5. The molecule has 1 aliphatic carbocycles. The third-order valence-electron chi connectivity index (χ3n) is 3.96. The van der Waals surface area contributed by atoms with Crippen LogP contribution in [0, 0.1) is 0 Å². The van der Waals surface area contributed by atoms with E-state index in [-0.39, 0.29) is 5.78 Å². The first-order chi connectivity index (χ1) is 10.8. The fraction of sp³-hybridized carbons (Fsp3) is 0.190. The molecule has 3 rings (SSSR count). The number of hydrogen-bond donors (Lipinski definition) is 0. The summed E-state index contributed by atoms with van der Waals surface area (Å²) in [5, 5.41) is 0. The molecule has 0 amide bonds. The van der Waals surface area contributed by atoms with Gasteiger partial charge in [0.05, 0.1) is 0 Å². The maximum atomic E-state index is 12.4. The Labute approximate surface area is 132 Å². The zero-order valence-electron chi connectivity index (χ0n) is 12.7. The van der Waals surface area contributed by atoms with Crippen molar-refractivity contribution in [3.63, 3.8) is 0 Å². The Kier molecular flexibility index (Phi) is 4.65. The molecule has 110 valence electrons. The first-order valence-electron chi connectivity index (χ1n) is 7.83. The van der Waals surface area contributed by atoms with Crippen molar-refractivity contribution in [3.8, 4) is 11.1 Å². The third-order valence-corrected chi connectivity index (χ3v) is 3.96. The highest BCUT2D eigenvalue weighted by atomic mass is 16.1. The van der Waals surface area contributed by atoms with Crippen LogP contribution in [0.25, 0.3) is 11.1 Å². The van der Waals surface area contributed by atoms with Gasteiger partial charge in [-0.15, -0.1) is 0 Å². The molecule has 1 heteroatoms. The highest BCUT2D eigenvalue weighted by Gasteiger charge is 2.11. The van der Waals surface area contributed by atoms with Gasteiger partial charge in [-0.3, -0.25) is 4.79 Å². The molecule has 1 nitrogen and oxygen atoms in total. The largest absolute Gasteiger partial charge is 0.299 e. The van der Waals surface area contributed by atoms with Crippen molar-refractivity contribution in [1.82, 2.24) is 0 Å². The van der Waals surface area contributed by atoms with Crippen LogP contribution in [0.15, 0.2) is 78.4 Å². The molecule has 0 N–H and O–H groups in total. The summed E-state index contributed by atoms with van der Waals surface area (Å²) in [4.78, 5) is 12.4. The summed E-state index contributed by atoms with van der Waals surface area (Å²) in [6.45, 7) is 0. The van der Waals surface area contributed by atoms with Crippen LogP contribution < -0.4 is 0 Å². The van der Waals surface area contributed by atoms with Crippen LogP contribution in [-0.2, 0) is 11.2 Å². The summed E-state index contributed by atoms with van der Waals surface area (Å²) in [6.07, 6.45) is 9.61. The van der Waals surface area contributed by atoms with Gasteiger partial charge in [-0.25, -0.2) is 0 Å². The average Bonchev–Trinajstić information content (AvgIpc) is 2.57. The zero-order chi connectivity index (χ0) is 15.2. The van der Waals surface area contributed by atoms with Crippen molar-refractivity contribution in [3.05, 3.63) is 84.0 Å². The Morgan fingerprint density at radius 2 is 1.64 bits per heavy atom. The number of carbonyl (C=O) groups excluding carboxylic acids is 1. The molecular formula is C21H20O. The summed E-state index contributed by atoms with van der Waals surface area (Å²) in [5.41, 5.74) is 4.60. The van der Waals surface area contributed by atoms with Gasteiger partial charge in [-0.05, 0) is 35.1 Å². The highest BCUT2D eigenvalue weighted by Crippen LogP contribution is 2.24. The minimum atomic E-state index is 0.279. The molecule has 0 aliphatic heterocycles. The molecule has 0 saturated carbocycles. The van der Waals surface area contributed by atoms with Gasteiger partial charge < -0.3 is 0 Å². The van der Waals surface area contributed by atoms with Crippen LogP contribution >= 0.6 is 0 Å². The highest BCUT2D eigenvalue weighted by molar-refractivity contribution is 5.86. The fourth-order valence-electron chi connectivity index (χ4n) is 2.88. The van der Waals surface area contributed by atoms with E-state index >= 15 is 0 Å². The van der Waals surface area contributed by atoms with Crippen molar-refractivity contribution < 1.29 is 4.79 Å². The minimum absolute atomic E-state index is 0.279. The summed E-state index contributed by atoms with van der Waals surface area (Å²) >= 11 is 0. The van der Waals surface area contributed by atoms with E-state index in [1.807, 2.05) is 30.3 Å². The lowest BCUT2D eigenvalue weighted by Crippen LogP contribution is -2.05. The van der Waals surface area contributed by atoms with Crippen LogP contribution in [0.1, 0.15) is 24.8 Å². The number of Topliss-reactive ketones (excluding diaryl/α,β-unsaturated/α-hetero) is 1. The van der Waals surface area contributed by atoms with Gasteiger partial charge in [0.15, 0.2) is 0 Å². The second-order valence-electron chi connectivity index (χ2n) is 5.67. The molecule has 22 heavy (non-hydrogen) atoms.